The zero-order valence-corrected chi connectivity index (χ0v) is 30.1. The van der Waals surface area contributed by atoms with Gasteiger partial charge in [-0.05, 0) is 58.1 Å². The van der Waals surface area contributed by atoms with E-state index in [2.05, 4.69) is 133 Å². The molecular formula is C51H31N3O2. The van der Waals surface area contributed by atoms with E-state index in [1.54, 1.807) is 0 Å². The Balaban J connectivity index is 1.10. The van der Waals surface area contributed by atoms with Gasteiger partial charge in [0.1, 0.15) is 22.3 Å². The van der Waals surface area contributed by atoms with Gasteiger partial charge in [-0.1, -0.05) is 158 Å². The molecule has 56 heavy (non-hydrogen) atoms. The first kappa shape index (κ1) is 31.9. The standard InChI is InChI=1S/C51H31N3O2/c1-4-14-32(15-5-1)35-20-10-21-37(30-35)50-52-49(34-18-8-3-9-19-34)53-51(54-50)41-25-13-26-44-47(41)42-31-36(28-29-43(42)55-44)38-22-12-27-45-46(38)40-24-11-23-39(48(40)56-45)33-16-6-2-7-17-33/h1-31H. The molecule has 3 aromatic heterocycles. The van der Waals surface area contributed by atoms with Gasteiger partial charge >= 0.3 is 0 Å². The molecule has 0 atom stereocenters. The monoisotopic (exact) mass is 717 g/mol. The third kappa shape index (κ3) is 5.37. The summed E-state index contributed by atoms with van der Waals surface area (Å²) in [6, 6.07) is 64.4. The van der Waals surface area contributed by atoms with Gasteiger partial charge < -0.3 is 8.83 Å². The number of para-hydroxylation sites is 1. The minimum Gasteiger partial charge on any atom is -0.456 e. The van der Waals surface area contributed by atoms with Crippen LogP contribution in [0.5, 0.6) is 0 Å². The van der Waals surface area contributed by atoms with Crippen LogP contribution in [0.25, 0.3) is 111 Å². The van der Waals surface area contributed by atoms with E-state index in [-0.39, 0.29) is 0 Å². The fraction of sp³-hybridized carbons (Fsp3) is 0. The van der Waals surface area contributed by atoms with Crippen LogP contribution in [0.4, 0.5) is 0 Å². The Bertz CT molecular complexity index is 3240. The number of hydrogen-bond acceptors (Lipinski definition) is 5. The van der Waals surface area contributed by atoms with E-state index < -0.39 is 0 Å². The van der Waals surface area contributed by atoms with Crippen LogP contribution in [0.2, 0.25) is 0 Å². The molecule has 3 heterocycles. The molecule has 0 unspecified atom stereocenters. The van der Waals surface area contributed by atoms with Crippen molar-refractivity contribution in [1.29, 1.82) is 0 Å². The van der Waals surface area contributed by atoms with Crippen molar-refractivity contribution in [2.75, 3.05) is 0 Å². The molecule has 262 valence electrons. The fourth-order valence-electron chi connectivity index (χ4n) is 7.92. The lowest BCUT2D eigenvalue weighted by Gasteiger charge is -2.10. The quantitative estimate of drug-likeness (QED) is 0.171. The van der Waals surface area contributed by atoms with Crippen molar-refractivity contribution in [1.82, 2.24) is 15.0 Å². The topological polar surface area (TPSA) is 65.0 Å². The van der Waals surface area contributed by atoms with Crippen molar-refractivity contribution < 1.29 is 8.83 Å². The summed E-state index contributed by atoms with van der Waals surface area (Å²) >= 11 is 0. The number of furan rings is 2. The molecule has 0 fully saturated rings. The van der Waals surface area contributed by atoms with Gasteiger partial charge in [0.2, 0.25) is 0 Å². The first-order chi connectivity index (χ1) is 27.7. The van der Waals surface area contributed by atoms with E-state index in [1.807, 2.05) is 54.6 Å². The first-order valence-corrected chi connectivity index (χ1v) is 18.7. The smallest absolute Gasteiger partial charge is 0.164 e. The van der Waals surface area contributed by atoms with Crippen molar-refractivity contribution >= 4 is 43.9 Å². The molecule has 0 saturated carbocycles. The van der Waals surface area contributed by atoms with Crippen molar-refractivity contribution in [2.24, 2.45) is 0 Å². The van der Waals surface area contributed by atoms with E-state index in [9.17, 15) is 0 Å². The molecule has 5 heteroatoms. The van der Waals surface area contributed by atoms with Gasteiger partial charge in [-0.15, -0.1) is 0 Å². The summed E-state index contributed by atoms with van der Waals surface area (Å²) in [4.78, 5) is 15.3. The Hall–Kier alpha value is -7.63. The highest BCUT2D eigenvalue weighted by molar-refractivity contribution is 6.17. The maximum atomic E-state index is 6.61. The summed E-state index contributed by atoms with van der Waals surface area (Å²) in [5.74, 6) is 1.79. The van der Waals surface area contributed by atoms with Crippen LogP contribution >= 0.6 is 0 Å². The highest BCUT2D eigenvalue weighted by atomic mass is 16.3. The van der Waals surface area contributed by atoms with E-state index in [0.717, 1.165) is 93.9 Å². The van der Waals surface area contributed by atoms with Gasteiger partial charge in [0.25, 0.3) is 0 Å². The molecule has 0 bridgehead atoms. The minimum atomic E-state index is 0.578. The summed E-state index contributed by atoms with van der Waals surface area (Å²) in [6.07, 6.45) is 0. The van der Waals surface area contributed by atoms with Gasteiger partial charge in [0, 0.05) is 43.8 Å². The van der Waals surface area contributed by atoms with Crippen LogP contribution in [0.3, 0.4) is 0 Å². The Morgan fingerprint density at radius 2 is 0.839 bits per heavy atom. The maximum Gasteiger partial charge on any atom is 0.164 e. The van der Waals surface area contributed by atoms with Crippen LogP contribution in [0.1, 0.15) is 0 Å². The number of rotatable bonds is 6. The average molecular weight is 718 g/mol. The normalized spacial score (nSPS) is 11.6. The lowest BCUT2D eigenvalue weighted by Crippen LogP contribution is -2.00. The Kier molecular flexibility index (Phi) is 7.42. The van der Waals surface area contributed by atoms with Crippen LogP contribution < -0.4 is 0 Å². The second-order valence-electron chi connectivity index (χ2n) is 13.9. The molecule has 11 rings (SSSR count). The number of aromatic nitrogens is 3. The molecular weight excluding hydrogens is 687 g/mol. The average Bonchev–Trinajstić information content (AvgIpc) is 3.86. The van der Waals surface area contributed by atoms with Crippen molar-refractivity contribution in [2.45, 2.75) is 0 Å². The number of fused-ring (bicyclic) bond motifs is 6. The molecule has 0 amide bonds. The lowest BCUT2D eigenvalue weighted by molar-refractivity contribution is 0.669. The van der Waals surface area contributed by atoms with Crippen LogP contribution in [-0.2, 0) is 0 Å². The summed E-state index contributed by atoms with van der Waals surface area (Å²) in [6.45, 7) is 0. The largest absolute Gasteiger partial charge is 0.456 e. The van der Waals surface area contributed by atoms with Crippen LogP contribution in [0, 0.1) is 0 Å². The molecule has 0 aliphatic carbocycles. The highest BCUT2D eigenvalue weighted by Crippen LogP contribution is 2.43. The molecule has 0 spiro atoms. The molecule has 8 aromatic carbocycles. The molecule has 0 aliphatic rings. The fourth-order valence-corrected chi connectivity index (χ4v) is 7.92. The summed E-state index contributed by atoms with van der Waals surface area (Å²) in [5.41, 5.74) is 12.6. The number of nitrogens with zero attached hydrogens (tertiary/aromatic N) is 3. The summed E-state index contributed by atoms with van der Waals surface area (Å²) in [7, 11) is 0. The zero-order chi connectivity index (χ0) is 37.0. The summed E-state index contributed by atoms with van der Waals surface area (Å²) < 4.78 is 13.1. The molecule has 5 nitrogen and oxygen atoms in total. The van der Waals surface area contributed by atoms with Gasteiger partial charge in [-0.2, -0.15) is 0 Å². The predicted octanol–water partition coefficient (Wildman–Crippen LogP) is 13.7. The third-order valence-electron chi connectivity index (χ3n) is 10.5. The maximum absolute atomic E-state index is 6.61. The predicted molar refractivity (Wildman–Crippen MR) is 227 cm³/mol. The Labute approximate surface area is 322 Å². The Morgan fingerprint density at radius 1 is 0.286 bits per heavy atom. The second kappa shape index (κ2) is 13.0. The third-order valence-corrected chi connectivity index (χ3v) is 10.5. The van der Waals surface area contributed by atoms with Crippen molar-refractivity contribution in [3.8, 4) is 67.5 Å². The number of hydrogen-bond donors (Lipinski definition) is 0. The molecule has 0 aliphatic heterocycles. The number of benzene rings is 8. The van der Waals surface area contributed by atoms with Crippen molar-refractivity contribution in [3.05, 3.63) is 188 Å². The van der Waals surface area contributed by atoms with E-state index in [0.29, 0.717) is 17.5 Å². The van der Waals surface area contributed by atoms with Gasteiger partial charge in [-0.3, -0.25) is 0 Å². The lowest BCUT2D eigenvalue weighted by atomic mass is 9.96. The second-order valence-corrected chi connectivity index (χ2v) is 13.9. The van der Waals surface area contributed by atoms with Crippen molar-refractivity contribution in [3.63, 3.8) is 0 Å². The van der Waals surface area contributed by atoms with E-state index >= 15 is 0 Å². The molecule has 0 saturated heterocycles. The van der Waals surface area contributed by atoms with Gasteiger partial charge in [0.05, 0.1) is 0 Å². The van der Waals surface area contributed by atoms with Gasteiger partial charge in [0.15, 0.2) is 17.5 Å². The van der Waals surface area contributed by atoms with Crippen LogP contribution in [-0.4, -0.2) is 15.0 Å². The molecule has 11 aromatic rings. The van der Waals surface area contributed by atoms with Gasteiger partial charge in [-0.25, -0.2) is 15.0 Å². The van der Waals surface area contributed by atoms with Crippen LogP contribution in [0.15, 0.2) is 197 Å². The highest BCUT2D eigenvalue weighted by Gasteiger charge is 2.20. The zero-order valence-electron chi connectivity index (χ0n) is 30.1. The Morgan fingerprint density at radius 3 is 1.61 bits per heavy atom. The SMILES string of the molecule is c1ccc(-c2cccc(-c3nc(-c4ccccc4)nc(-c4cccc5oc6ccc(-c7cccc8oc9c(-c%10ccccc%10)cccc9c78)cc6c45)n3)c2)cc1. The van der Waals surface area contributed by atoms with E-state index in [4.69, 9.17) is 23.8 Å². The molecule has 0 radical (unpaired) electrons. The minimum absolute atomic E-state index is 0.578. The molecule has 0 N–H and O–H groups in total. The summed E-state index contributed by atoms with van der Waals surface area (Å²) in [5, 5.41) is 4.10. The van der Waals surface area contributed by atoms with E-state index in [1.165, 1.54) is 0 Å². The first-order valence-electron chi connectivity index (χ1n) is 18.7.